The van der Waals surface area contributed by atoms with E-state index in [1.54, 1.807) is 6.07 Å². The molecule has 0 aromatic heterocycles. The molecule has 2 heteroatoms. The van der Waals surface area contributed by atoms with Gasteiger partial charge in [-0.25, -0.2) is 4.79 Å². The number of hydrogen-bond donors (Lipinski definition) is 0. The largest absolute Gasteiger partial charge is 0.465 e. The highest BCUT2D eigenvalue weighted by Crippen LogP contribution is 2.11. The van der Waals surface area contributed by atoms with Gasteiger partial charge in [0.05, 0.1) is 12.7 Å². The molecule has 0 spiro atoms. The van der Waals surface area contributed by atoms with E-state index in [4.69, 9.17) is 0 Å². The number of rotatable bonds is 3. The van der Waals surface area contributed by atoms with E-state index in [2.05, 4.69) is 11.7 Å². The predicted molar refractivity (Wildman–Crippen MR) is 58.5 cm³/mol. The first-order valence-corrected chi connectivity index (χ1v) is 4.45. The van der Waals surface area contributed by atoms with Gasteiger partial charge in [-0.05, 0) is 18.1 Å². The summed E-state index contributed by atoms with van der Waals surface area (Å²) in [5.74, 6) is -0.246. The molecule has 0 heterocycles. The topological polar surface area (TPSA) is 26.3 Å². The first kappa shape index (κ1) is 12.7. The van der Waals surface area contributed by atoms with Crippen molar-refractivity contribution in [2.75, 3.05) is 7.11 Å². The molecule has 0 saturated heterocycles. The molecule has 2 nitrogen and oxygen atoms in total. The van der Waals surface area contributed by atoms with Gasteiger partial charge >= 0.3 is 5.97 Å². The zero-order chi connectivity index (χ0) is 9.68. The van der Waals surface area contributed by atoms with Crippen LogP contribution < -0.4 is 0 Å². The molecule has 0 saturated carbocycles. The Morgan fingerprint density at radius 1 is 1.36 bits per heavy atom. The second kappa shape index (κ2) is 6.19. The van der Waals surface area contributed by atoms with Crippen LogP contribution in [-0.2, 0) is 11.2 Å². The lowest BCUT2D eigenvalue weighted by atomic mass is 10.0. The fourth-order valence-electron chi connectivity index (χ4n) is 1.32. The Bertz CT molecular complexity index is 292. The molecule has 0 amide bonds. The first-order chi connectivity index (χ1) is 6.29. The Balaban J connectivity index is 0.00000169. The van der Waals surface area contributed by atoms with Gasteiger partial charge in [0.2, 0.25) is 0 Å². The van der Waals surface area contributed by atoms with E-state index in [-0.39, 0.29) is 13.4 Å². The summed E-state index contributed by atoms with van der Waals surface area (Å²) in [6, 6.07) is 7.56. The van der Waals surface area contributed by atoms with E-state index < -0.39 is 0 Å². The van der Waals surface area contributed by atoms with Crippen LogP contribution in [0.25, 0.3) is 0 Å². The van der Waals surface area contributed by atoms with Gasteiger partial charge < -0.3 is 4.74 Å². The molecule has 0 N–H and O–H groups in total. The van der Waals surface area contributed by atoms with Crippen molar-refractivity contribution in [3.63, 3.8) is 0 Å². The van der Waals surface area contributed by atoms with Crippen LogP contribution in [0.1, 0.15) is 36.7 Å². The van der Waals surface area contributed by atoms with Gasteiger partial charge in [-0.15, -0.1) is 0 Å². The highest BCUT2D eigenvalue weighted by atomic mass is 16.5. The molecule has 0 aliphatic heterocycles. The van der Waals surface area contributed by atoms with Crippen molar-refractivity contribution in [3.8, 4) is 0 Å². The smallest absolute Gasteiger partial charge is 0.338 e. The Kier molecular flexibility index (Phi) is 5.61. The van der Waals surface area contributed by atoms with Crippen molar-refractivity contribution in [1.29, 1.82) is 0 Å². The summed E-state index contributed by atoms with van der Waals surface area (Å²) < 4.78 is 4.68. The number of carbonyl (C=O) groups is 1. The van der Waals surface area contributed by atoms with E-state index in [1.807, 2.05) is 18.2 Å². The third-order valence-electron chi connectivity index (χ3n) is 1.94. The number of methoxy groups -OCH3 is 1. The number of benzene rings is 1. The summed E-state index contributed by atoms with van der Waals surface area (Å²) in [6.45, 7) is 2.09. The van der Waals surface area contributed by atoms with Crippen molar-refractivity contribution >= 4 is 5.97 Å². The predicted octanol–water partition coefficient (Wildman–Crippen LogP) is 3.06. The number of aryl methyl sites for hydroxylation is 1. The molecule has 1 aromatic rings. The lowest BCUT2D eigenvalue weighted by Crippen LogP contribution is -2.05. The maximum Gasteiger partial charge on any atom is 0.338 e. The zero-order valence-corrected chi connectivity index (χ0v) is 8.04. The third kappa shape index (κ3) is 2.87. The fraction of sp³-hybridized carbons (Fsp3) is 0.417. The number of hydrogen-bond acceptors (Lipinski definition) is 2. The molecule has 0 bridgehead atoms. The molecule has 78 valence electrons. The van der Waals surface area contributed by atoms with E-state index in [9.17, 15) is 4.79 Å². The molecule has 0 unspecified atom stereocenters. The molecule has 0 atom stereocenters. The molecule has 0 aliphatic rings. The van der Waals surface area contributed by atoms with Crippen LogP contribution in [0.2, 0.25) is 0 Å². The van der Waals surface area contributed by atoms with E-state index >= 15 is 0 Å². The number of carbonyl (C=O) groups excluding carboxylic acids is 1. The van der Waals surface area contributed by atoms with Gasteiger partial charge in [-0.3, -0.25) is 0 Å². The Hall–Kier alpha value is -1.31. The second-order valence-electron chi connectivity index (χ2n) is 2.90. The van der Waals surface area contributed by atoms with E-state index in [0.717, 1.165) is 18.4 Å². The summed E-state index contributed by atoms with van der Waals surface area (Å²) in [7, 11) is 1.41. The average molecular weight is 194 g/mol. The fourth-order valence-corrected chi connectivity index (χ4v) is 1.32. The van der Waals surface area contributed by atoms with Crippen LogP contribution in [-0.4, -0.2) is 13.1 Å². The Labute approximate surface area is 85.9 Å². The minimum absolute atomic E-state index is 0. The minimum atomic E-state index is -0.246. The standard InChI is InChI=1S/C11H14O2.CH4/c1-3-6-9-7-4-5-8-10(9)11(12)13-2;/h4-5,7-8H,3,6H2,1-2H3;1H4. The molecule has 14 heavy (non-hydrogen) atoms. The van der Waals surface area contributed by atoms with Crippen molar-refractivity contribution in [1.82, 2.24) is 0 Å². The van der Waals surface area contributed by atoms with Crippen LogP contribution in [0.3, 0.4) is 0 Å². The zero-order valence-electron chi connectivity index (χ0n) is 8.04. The molecule has 0 fully saturated rings. The third-order valence-corrected chi connectivity index (χ3v) is 1.94. The summed E-state index contributed by atoms with van der Waals surface area (Å²) in [6.07, 6.45) is 1.96. The van der Waals surface area contributed by atoms with Crippen molar-refractivity contribution in [2.24, 2.45) is 0 Å². The minimum Gasteiger partial charge on any atom is -0.465 e. The average Bonchev–Trinajstić information content (AvgIpc) is 2.18. The first-order valence-electron chi connectivity index (χ1n) is 4.45. The second-order valence-corrected chi connectivity index (χ2v) is 2.90. The van der Waals surface area contributed by atoms with Gasteiger partial charge in [0.15, 0.2) is 0 Å². The summed E-state index contributed by atoms with van der Waals surface area (Å²) in [4.78, 5) is 11.3. The highest BCUT2D eigenvalue weighted by molar-refractivity contribution is 5.90. The van der Waals surface area contributed by atoms with Crippen molar-refractivity contribution in [3.05, 3.63) is 35.4 Å². The van der Waals surface area contributed by atoms with Crippen LogP contribution in [0.15, 0.2) is 24.3 Å². The van der Waals surface area contributed by atoms with Gasteiger partial charge in [0.1, 0.15) is 0 Å². The lowest BCUT2D eigenvalue weighted by Gasteiger charge is -2.05. The summed E-state index contributed by atoms with van der Waals surface area (Å²) in [5, 5.41) is 0. The monoisotopic (exact) mass is 194 g/mol. The number of esters is 1. The molecular formula is C12H18O2. The highest BCUT2D eigenvalue weighted by Gasteiger charge is 2.09. The number of ether oxygens (including phenoxy) is 1. The van der Waals surface area contributed by atoms with Crippen LogP contribution >= 0.6 is 0 Å². The molecular weight excluding hydrogens is 176 g/mol. The Morgan fingerprint density at radius 2 is 2.00 bits per heavy atom. The maximum absolute atomic E-state index is 11.3. The lowest BCUT2D eigenvalue weighted by molar-refractivity contribution is 0.0599. The Morgan fingerprint density at radius 3 is 2.57 bits per heavy atom. The van der Waals surface area contributed by atoms with Crippen LogP contribution in [0, 0.1) is 0 Å². The van der Waals surface area contributed by atoms with E-state index in [1.165, 1.54) is 7.11 Å². The van der Waals surface area contributed by atoms with Gasteiger partial charge in [0.25, 0.3) is 0 Å². The molecule has 0 aliphatic carbocycles. The normalized spacial score (nSPS) is 9.00. The molecule has 1 rings (SSSR count). The SMILES string of the molecule is C.CCCc1ccccc1C(=O)OC. The molecule has 0 radical (unpaired) electrons. The maximum atomic E-state index is 11.3. The summed E-state index contributed by atoms with van der Waals surface area (Å²) >= 11 is 0. The van der Waals surface area contributed by atoms with Crippen molar-refractivity contribution in [2.45, 2.75) is 27.2 Å². The molecule has 1 aromatic carbocycles. The van der Waals surface area contributed by atoms with Gasteiger partial charge in [-0.1, -0.05) is 39.0 Å². The van der Waals surface area contributed by atoms with Gasteiger partial charge in [-0.2, -0.15) is 0 Å². The van der Waals surface area contributed by atoms with E-state index in [0.29, 0.717) is 5.56 Å². The quantitative estimate of drug-likeness (QED) is 0.691. The summed E-state index contributed by atoms with van der Waals surface area (Å²) in [5.41, 5.74) is 1.75. The van der Waals surface area contributed by atoms with Gasteiger partial charge in [0, 0.05) is 0 Å². The van der Waals surface area contributed by atoms with Crippen molar-refractivity contribution < 1.29 is 9.53 Å². The van der Waals surface area contributed by atoms with Crippen LogP contribution in [0.5, 0.6) is 0 Å². The van der Waals surface area contributed by atoms with Crippen LogP contribution in [0.4, 0.5) is 0 Å².